The fourth-order valence-electron chi connectivity index (χ4n) is 4.17. The second-order valence-electron chi connectivity index (χ2n) is 7.85. The van der Waals surface area contributed by atoms with Crippen LogP contribution in [0.15, 0.2) is 41.0 Å². The highest BCUT2D eigenvalue weighted by molar-refractivity contribution is 9.10. The fourth-order valence-corrected chi connectivity index (χ4v) is 4.69. The molecule has 0 saturated heterocycles. The molecule has 2 N–H and O–H groups in total. The number of aliphatic carboxylic acids is 1. The van der Waals surface area contributed by atoms with Crippen LogP contribution in [0.2, 0.25) is 0 Å². The van der Waals surface area contributed by atoms with E-state index in [0.717, 1.165) is 35.4 Å². The first-order chi connectivity index (χ1) is 15.2. The van der Waals surface area contributed by atoms with Crippen LogP contribution in [-0.2, 0) is 11.0 Å². The molecule has 32 heavy (non-hydrogen) atoms. The highest BCUT2D eigenvalue weighted by Crippen LogP contribution is 2.45. The summed E-state index contributed by atoms with van der Waals surface area (Å²) >= 11 is 3.12. The van der Waals surface area contributed by atoms with Crippen LogP contribution in [0.3, 0.4) is 0 Å². The number of hydrogen-bond donors (Lipinski definition) is 2. The van der Waals surface area contributed by atoms with Gasteiger partial charge in [-0.25, -0.2) is 4.79 Å². The summed E-state index contributed by atoms with van der Waals surface area (Å²) in [5.74, 6) is -1.21. The van der Waals surface area contributed by atoms with E-state index in [1.54, 1.807) is 18.2 Å². The van der Waals surface area contributed by atoms with Crippen molar-refractivity contribution in [3.63, 3.8) is 0 Å². The van der Waals surface area contributed by atoms with Crippen molar-refractivity contribution in [3.8, 4) is 17.2 Å². The number of halogens is 4. The Morgan fingerprint density at radius 1 is 1.12 bits per heavy atom. The molecule has 3 aromatic rings. The molecule has 1 aromatic heterocycles. The molecule has 5 nitrogen and oxygen atoms in total. The normalized spacial score (nSPS) is 15.1. The number of hydrogen-bond acceptors (Lipinski definition) is 3. The minimum absolute atomic E-state index is 0.00869. The Kier molecular flexibility index (Phi) is 6.37. The molecule has 0 radical (unpaired) electrons. The number of carbonyl (C=O) groups is 1. The van der Waals surface area contributed by atoms with Crippen LogP contribution in [0.5, 0.6) is 17.2 Å². The Balaban J connectivity index is 1.69. The zero-order valence-corrected chi connectivity index (χ0v) is 18.6. The van der Waals surface area contributed by atoms with Crippen LogP contribution in [0, 0.1) is 0 Å². The van der Waals surface area contributed by atoms with Gasteiger partial charge in [-0.05, 0) is 70.6 Å². The molecule has 0 unspecified atom stereocenters. The first-order valence-corrected chi connectivity index (χ1v) is 11.1. The third kappa shape index (κ3) is 4.87. The zero-order valence-electron chi connectivity index (χ0n) is 17.0. The van der Waals surface area contributed by atoms with E-state index in [1.165, 1.54) is 25.3 Å². The van der Waals surface area contributed by atoms with Crippen molar-refractivity contribution < 1.29 is 32.5 Å². The lowest BCUT2D eigenvalue weighted by Crippen LogP contribution is -2.12. The van der Waals surface area contributed by atoms with Gasteiger partial charge in [0.05, 0.1) is 4.47 Å². The molecule has 1 heterocycles. The van der Waals surface area contributed by atoms with Gasteiger partial charge >= 0.3 is 12.1 Å². The SMILES string of the molecule is O=C(O)COc1cc(Br)c(Oc2ccc3[nH]cc(C4CCCCC4)c3c2)c(C(F)(F)F)c1. The number of H-pyrrole nitrogens is 1. The van der Waals surface area contributed by atoms with Gasteiger partial charge in [0.15, 0.2) is 12.4 Å². The summed E-state index contributed by atoms with van der Waals surface area (Å²) in [5.41, 5.74) is 1.01. The zero-order chi connectivity index (χ0) is 22.9. The van der Waals surface area contributed by atoms with Crippen molar-refractivity contribution >= 4 is 32.8 Å². The molecule has 170 valence electrons. The van der Waals surface area contributed by atoms with Gasteiger partial charge in [0.1, 0.15) is 17.1 Å². The minimum atomic E-state index is -4.73. The van der Waals surface area contributed by atoms with Gasteiger partial charge in [0, 0.05) is 17.1 Å². The van der Waals surface area contributed by atoms with E-state index in [9.17, 15) is 18.0 Å². The predicted molar refractivity (Wildman–Crippen MR) is 116 cm³/mol. The number of carboxylic acids is 1. The van der Waals surface area contributed by atoms with Gasteiger partial charge in [-0.2, -0.15) is 13.2 Å². The van der Waals surface area contributed by atoms with E-state index in [1.807, 2.05) is 6.20 Å². The van der Waals surface area contributed by atoms with Gasteiger partial charge in [-0.3, -0.25) is 0 Å². The van der Waals surface area contributed by atoms with Gasteiger partial charge in [-0.1, -0.05) is 19.3 Å². The number of carboxylic acid groups (broad SMARTS) is 1. The molecule has 0 amide bonds. The molecular formula is C23H21BrF3NO4. The Labute approximate surface area is 190 Å². The van der Waals surface area contributed by atoms with Crippen molar-refractivity contribution in [2.24, 2.45) is 0 Å². The fraction of sp³-hybridized carbons (Fsp3) is 0.348. The van der Waals surface area contributed by atoms with Crippen molar-refractivity contribution in [1.29, 1.82) is 0 Å². The van der Waals surface area contributed by atoms with E-state index < -0.39 is 30.1 Å². The number of ether oxygens (including phenoxy) is 2. The number of nitrogens with one attached hydrogen (secondary N) is 1. The van der Waals surface area contributed by atoms with Crippen LogP contribution in [0.1, 0.15) is 49.1 Å². The Hall–Kier alpha value is -2.68. The van der Waals surface area contributed by atoms with E-state index in [-0.39, 0.29) is 16.0 Å². The summed E-state index contributed by atoms with van der Waals surface area (Å²) in [6.45, 7) is -0.752. The van der Waals surface area contributed by atoms with E-state index in [4.69, 9.17) is 14.6 Å². The highest BCUT2D eigenvalue weighted by Gasteiger charge is 2.36. The number of rotatable bonds is 6. The molecule has 1 saturated carbocycles. The maximum Gasteiger partial charge on any atom is 0.420 e. The lowest BCUT2D eigenvalue weighted by molar-refractivity contribution is -0.139. The summed E-state index contributed by atoms with van der Waals surface area (Å²) in [6.07, 6.45) is 3.02. The second-order valence-corrected chi connectivity index (χ2v) is 8.70. The summed E-state index contributed by atoms with van der Waals surface area (Å²) < 4.78 is 51.9. The van der Waals surface area contributed by atoms with Crippen LogP contribution in [0.4, 0.5) is 13.2 Å². The third-order valence-electron chi connectivity index (χ3n) is 5.63. The largest absolute Gasteiger partial charge is 0.482 e. The number of fused-ring (bicyclic) bond motifs is 1. The molecule has 4 rings (SSSR count). The summed E-state index contributed by atoms with van der Waals surface area (Å²) in [4.78, 5) is 13.9. The molecule has 1 aliphatic carbocycles. The molecule has 9 heteroatoms. The summed E-state index contributed by atoms with van der Waals surface area (Å²) in [6, 6.07) is 7.17. The van der Waals surface area contributed by atoms with Crippen LogP contribution < -0.4 is 9.47 Å². The van der Waals surface area contributed by atoms with E-state index >= 15 is 0 Å². The highest BCUT2D eigenvalue weighted by atomic mass is 79.9. The predicted octanol–water partition coefficient (Wildman–Crippen LogP) is 7.25. The van der Waals surface area contributed by atoms with Crippen LogP contribution >= 0.6 is 15.9 Å². The van der Waals surface area contributed by atoms with E-state index in [2.05, 4.69) is 20.9 Å². The van der Waals surface area contributed by atoms with Crippen molar-refractivity contribution in [1.82, 2.24) is 4.98 Å². The lowest BCUT2D eigenvalue weighted by Gasteiger charge is -2.21. The van der Waals surface area contributed by atoms with E-state index in [0.29, 0.717) is 5.92 Å². The molecule has 2 aromatic carbocycles. The second kappa shape index (κ2) is 9.05. The van der Waals surface area contributed by atoms with Crippen LogP contribution in [0.25, 0.3) is 10.9 Å². The molecule has 1 aliphatic rings. The number of alkyl halides is 3. The number of aromatic nitrogens is 1. The molecular weight excluding hydrogens is 491 g/mol. The van der Waals surface area contributed by atoms with Gasteiger partial charge < -0.3 is 19.6 Å². The average Bonchev–Trinajstić information content (AvgIpc) is 3.17. The molecule has 1 fully saturated rings. The minimum Gasteiger partial charge on any atom is -0.482 e. The maximum absolute atomic E-state index is 13.7. The number of benzene rings is 2. The van der Waals surface area contributed by atoms with Gasteiger partial charge in [-0.15, -0.1) is 0 Å². The topological polar surface area (TPSA) is 71.6 Å². The first-order valence-electron chi connectivity index (χ1n) is 10.3. The Bertz CT molecular complexity index is 1140. The summed E-state index contributed by atoms with van der Waals surface area (Å²) in [7, 11) is 0. The molecule has 0 spiro atoms. The van der Waals surface area contributed by atoms with Crippen molar-refractivity contribution in [2.75, 3.05) is 6.61 Å². The monoisotopic (exact) mass is 511 g/mol. The van der Waals surface area contributed by atoms with Crippen molar-refractivity contribution in [3.05, 3.63) is 52.1 Å². The molecule has 0 bridgehead atoms. The molecule has 0 atom stereocenters. The first kappa shape index (κ1) is 22.5. The average molecular weight is 512 g/mol. The Morgan fingerprint density at radius 3 is 2.56 bits per heavy atom. The summed E-state index contributed by atoms with van der Waals surface area (Å²) in [5, 5.41) is 9.67. The van der Waals surface area contributed by atoms with Crippen molar-refractivity contribution in [2.45, 2.75) is 44.2 Å². The molecule has 0 aliphatic heterocycles. The van der Waals surface area contributed by atoms with Gasteiger partial charge in [0.25, 0.3) is 0 Å². The Morgan fingerprint density at radius 2 is 1.88 bits per heavy atom. The lowest BCUT2D eigenvalue weighted by atomic mass is 9.84. The quantitative estimate of drug-likeness (QED) is 0.365. The maximum atomic E-state index is 13.7. The van der Waals surface area contributed by atoms with Crippen LogP contribution in [-0.4, -0.2) is 22.7 Å². The standard InChI is InChI=1S/C23H21BrF3NO4/c24-19-10-15(31-12-21(29)30)9-18(23(25,26)27)22(19)32-14-6-7-20-16(8-14)17(11-28-20)13-4-2-1-3-5-13/h6-11,13,28H,1-5,12H2,(H,29,30). The smallest absolute Gasteiger partial charge is 0.420 e. The number of aromatic amines is 1. The van der Waals surface area contributed by atoms with Gasteiger partial charge in [0.2, 0.25) is 0 Å². The third-order valence-corrected chi connectivity index (χ3v) is 6.22.